The molecular weight excluding hydrogens is 895 g/mol. The van der Waals surface area contributed by atoms with Crippen LogP contribution in [0.25, 0.3) is 154 Å². The first-order chi connectivity index (χ1) is 36.7. The lowest BCUT2D eigenvalue weighted by molar-refractivity contribution is 1.19. The van der Waals surface area contributed by atoms with Gasteiger partial charge in [0.05, 0.1) is 22.6 Å². The molecular formula is C71H43N3. The monoisotopic (exact) mass is 937 g/mol. The topological polar surface area (TPSA) is 38.7 Å². The Morgan fingerprint density at radius 3 is 1.24 bits per heavy atom. The van der Waals surface area contributed by atoms with Crippen molar-refractivity contribution >= 4 is 86.3 Å². The fourth-order valence-corrected chi connectivity index (χ4v) is 11.6. The maximum Gasteiger partial charge on any atom is 0.160 e. The molecule has 0 N–H and O–H groups in total. The first-order valence-corrected chi connectivity index (χ1v) is 25.3. The number of aromatic nitrogens is 3. The molecule has 15 aromatic rings. The SMILES string of the molecule is c1ccc2cc(-c3nc4ccccc4c4c3cc(-c3ccc(-c5ccc(-c6nc(-c7cc8ccccc8c8ccccc78)cc(-c7cc8ccccc8c8ccccc78)n6)cc5)cc3)c3ccccc34)ccc2c1. The van der Waals surface area contributed by atoms with E-state index in [2.05, 4.69) is 261 Å². The quantitative estimate of drug-likeness (QED) is 0.156. The van der Waals surface area contributed by atoms with Crippen LogP contribution in [0.1, 0.15) is 0 Å². The van der Waals surface area contributed by atoms with Gasteiger partial charge in [-0.1, -0.05) is 224 Å². The van der Waals surface area contributed by atoms with Gasteiger partial charge in [-0.15, -0.1) is 0 Å². The third-order valence-corrected chi connectivity index (χ3v) is 15.2. The fraction of sp³-hybridized carbons (Fsp3) is 0. The first kappa shape index (κ1) is 41.9. The minimum atomic E-state index is 0.683. The van der Waals surface area contributed by atoms with E-state index >= 15 is 0 Å². The highest BCUT2D eigenvalue weighted by Crippen LogP contribution is 2.44. The van der Waals surface area contributed by atoms with Crippen molar-refractivity contribution in [1.82, 2.24) is 15.0 Å². The van der Waals surface area contributed by atoms with Crippen molar-refractivity contribution in [3.8, 4) is 67.4 Å². The molecule has 0 aliphatic heterocycles. The smallest absolute Gasteiger partial charge is 0.160 e. The zero-order valence-corrected chi connectivity index (χ0v) is 40.2. The summed E-state index contributed by atoms with van der Waals surface area (Å²) in [4.78, 5) is 16.2. The fourth-order valence-electron chi connectivity index (χ4n) is 11.6. The average Bonchev–Trinajstić information content (AvgIpc) is 3.51. The predicted octanol–water partition coefficient (Wildman–Crippen LogP) is 19.1. The highest BCUT2D eigenvalue weighted by Gasteiger charge is 2.20. The summed E-state index contributed by atoms with van der Waals surface area (Å²) in [7, 11) is 0. The van der Waals surface area contributed by atoms with E-state index in [0.717, 1.165) is 83.1 Å². The number of benzene rings is 13. The minimum Gasteiger partial charge on any atom is -0.247 e. The van der Waals surface area contributed by atoms with Crippen molar-refractivity contribution in [2.75, 3.05) is 0 Å². The molecule has 0 unspecified atom stereocenters. The Balaban J connectivity index is 0.849. The van der Waals surface area contributed by atoms with Crippen molar-refractivity contribution in [1.29, 1.82) is 0 Å². The van der Waals surface area contributed by atoms with Gasteiger partial charge in [-0.3, -0.25) is 0 Å². The number of nitrogens with zero attached hydrogens (tertiary/aromatic N) is 3. The minimum absolute atomic E-state index is 0.683. The maximum absolute atomic E-state index is 5.43. The normalized spacial score (nSPS) is 11.8. The van der Waals surface area contributed by atoms with Crippen LogP contribution < -0.4 is 0 Å². The number of hydrogen-bond acceptors (Lipinski definition) is 3. The summed E-state index contributed by atoms with van der Waals surface area (Å²) in [5.41, 5.74) is 12.6. The second-order valence-corrected chi connectivity index (χ2v) is 19.4. The lowest BCUT2D eigenvalue weighted by Gasteiger charge is -2.16. The molecule has 74 heavy (non-hydrogen) atoms. The van der Waals surface area contributed by atoms with E-state index in [1.54, 1.807) is 0 Å². The van der Waals surface area contributed by atoms with E-state index in [-0.39, 0.29) is 0 Å². The van der Waals surface area contributed by atoms with E-state index in [9.17, 15) is 0 Å². The molecule has 15 rings (SSSR count). The second-order valence-electron chi connectivity index (χ2n) is 19.4. The number of hydrogen-bond donors (Lipinski definition) is 0. The molecule has 0 atom stereocenters. The largest absolute Gasteiger partial charge is 0.247 e. The van der Waals surface area contributed by atoms with Gasteiger partial charge in [-0.05, 0) is 123 Å². The van der Waals surface area contributed by atoms with Crippen molar-refractivity contribution in [2.45, 2.75) is 0 Å². The van der Waals surface area contributed by atoms with E-state index in [1.807, 2.05) is 0 Å². The van der Waals surface area contributed by atoms with E-state index in [1.165, 1.54) is 64.8 Å². The predicted molar refractivity (Wildman–Crippen MR) is 312 cm³/mol. The van der Waals surface area contributed by atoms with Gasteiger partial charge in [0.1, 0.15) is 0 Å². The lowest BCUT2D eigenvalue weighted by atomic mass is 9.89. The molecule has 0 radical (unpaired) electrons. The zero-order valence-electron chi connectivity index (χ0n) is 40.2. The van der Waals surface area contributed by atoms with Gasteiger partial charge in [0.2, 0.25) is 0 Å². The second kappa shape index (κ2) is 16.9. The van der Waals surface area contributed by atoms with Crippen LogP contribution in [-0.4, -0.2) is 15.0 Å². The van der Waals surface area contributed by atoms with Crippen LogP contribution in [0.2, 0.25) is 0 Å². The van der Waals surface area contributed by atoms with Crippen molar-refractivity contribution in [3.63, 3.8) is 0 Å². The Labute approximate surface area is 427 Å². The van der Waals surface area contributed by atoms with Gasteiger partial charge in [0.15, 0.2) is 5.82 Å². The van der Waals surface area contributed by atoms with Crippen molar-refractivity contribution in [3.05, 3.63) is 261 Å². The average molecular weight is 938 g/mol. The Morgan fingerprint density at radius 1 is 0.216 bits per heavy atom. The van der Waals surface area contributed by atoms with Crippen LogP contribution in [0.15, 0.2) is 261 Å². The molecule has 2 aromatic heterocycles. The first-order valence-electron chi connectivity index (χ1n) is 25.3. The van der Waals surface area contributed by atoms with Gasteiger partial charge < -0.3 is 0 Å². The van der Waals surface area contributed by atoms with E-state index < -0.39 is 0 Å². The van der Waals surface area contributed by atoms with Crippen LogP contribution in [0.3, 0.4) is 0 Å². The number of rotatable bonds is 6. The summed E-state index contributed by atoms with van der Waals surface area (Å²) in [6.45, 7) is 0. The van der Waals surface area contributed by atoms with Gasteiger partial charge in [0, 0.05) is 38.4 Å². The summed E-state index contributed by atoms with van der Waals surface area (Å²) in [6.07, 6.45) is 0. The Hall–Kier alpha value is -9.83. The molecule has 0 aliphatic carbocycles. The molecule has 342 valence electrons. The van der Waals surface area contributed by atoms with Crippen LogP contribution >= 0.6 is 0 Å². The van der Waals surface area contributed by atoms with Gasteiger partial charge >= 0.3 is 0 Å². The lowest BCUT2D eigenvalue weighted by Crippen LogP contribution is -1.97. The summed E-state index contributed by atoms with van der Waals surface area (Å²) >= 11 is 0. The Morgan fingerprint density at radius 2 is 0.649 bits per heavy atom. The molecule has 0 amide bonds. The molecule has 3 heteroatoms. The summed E-state index contributed by atoms with van der Waals surface area (Å²) in [6, 6.07) is 94.2. The third kappa shape index (κ3) is 6.86. The zero-order chi connectivity index (χ0) is 48.7. The van der Waals surface area contributed by atoms with Crippen molar-refractivity contribution in [2.24, 2.45) is 0 Å². The summed E-state index contributed by atoms with van der Waals surface area (Å²) in [5, 5.41) is 17.9. The molecule has 13 aromatic carbocycles. The third-order valence-electron chi connectivity index (χ3n) is 15.2. The molecule has 0 spiro atoms. The van der Waals surface area contributed by atoms with Crippen molar-refractivity contribution < 1.29 is 0 Å². The van der Waals surface area contributed by atoms with Crippen LogP contribution in [0, 0.1) is 0 Å². The van der Waals surface area contributed by atoms with E-state index in [4.69, 9.17) is 15.0 Å². The molecule has 0 bridgehead atoms. The van der Waals surface area contributed by atoms with Gasteiger partial charge in [-0.2, -0.15) is 0 Å². The Kier molecular flexibility index (Phi) is 9.57. The van der Waals surface area contributed by atoms with Gasteiger partial charge in [-0.25, -0.2) is 15.0 Å². The van der Waals surface area contributed by atoms with E-state index in [0.29, 0.717) is 5.82 Å². The molecule has 0 fully saturated rings. The summed E-state index contributed by atoms with van der Waals surface area (Å²) in [5.74, 6) is 0.683. The van der Waals surface area contributed by atoms with Gasteiger partial charge in [0.25, 0.3) is 0 Å². The number of para-hydroxylation sites is 1. The standard InChI is InChI=1S/C71H43N3/c1-2-16-49-39-52(38-33-44(49)15-1)70-65-42-62(59-25-11-12-26-60(59)69(65)61-27-13-14-28-66(61)72-70)47-34-29-45(30-35-47)46-31-36-48(37-32-46)71-73-67(63-40-50-17-3-5-19-53(50)55-21-7-9-23-57(55)63)43-68(74-71)64-41-51-18-4-6-20-54(51)56-22-8-10-24-58(56)64/h1-43H. The highest BCUT2D eigenvalue weighted by molar-refractivity contribution is 6.25. The Bertz CT molecular complexity index is 4630. The number of pyridine rings is 1. The molecule has 2 heterocycles. The number of fused-ring (bicyclic) bond motifs is 12. The molecule has 0 saturated carbocycles. The molecule has 0 saturated heterocycles. The van der Waals surface area contributed by atoms with Crippen LogP contribution in [0.4, 0.5) is 0 Å². The molecule has 3 nitrogen and oxygen atoms in total. The van der Waals surface area contributed by atoms with Crippen LogP contribution in [-0.2, 0) is 0 Å². The van der Waals surface area contributed by atoms with Crippen LogP contribution in [0.5, 0.6) is 0 Å². The molecule has 0 aliphatic rings. The summed E-state index contributed by atoms with van der Waals surface area (Å²) < 4.78 is 0. The maximum atomic E-state index is 5.43. The highest BCUT2D eigenvalue weighted by atomic mass is 14.9.